The van der Waals surface area contributed by atoms with E-state index in [1.165, 1.54) is 4.31 Å². The second-order valence-corrected chi connectivity index (χ2v) is 7.73. The number of rotatable bonds is 4. The molecule has 1 saturated heterocycles. The molecule has 0 spiro atoms. The van der Waals surface area contributed by atoms with E-state index >= 15 is 0 Å². The summed E-state index contributed by atoms with van der Waals surface area (Å²) in [6.07, 6.45) is 2.42. The Morgan fingerprint density at radius 2 is 1.90 bits per heavy atom. The number of sulfonamides is 1. The highest BCUT2D eigenvalue weighted by Crippen LogP contribution is 2.25. The van der Waals surface area contributed by atoms with Gasteiger partial charge in [-0.3, -0.25) is 9.58 Å². The molecule has 1 aliphatic heterocycles. The number of nitrogen functional groups attached to an aromatic ring is 1. The van der Waals surface area contributed by atoms with Gasteiger partial charge in [-0.05, 0) is 27.3 Å². The summed E-state index contributed by atoms with van der Waals surface area (Å²) in [4.78, 5) is 2.32. The first-order valence-corrected chi connectivity index (χ1v) is 8.76. The van der Waals surface area contributed by atoms with Gasteiger partial charge in [0.15, 0.2) is 5.82 Å². The number of anilines is 1. The quantitative estimate of drug-likeness (QED) is 0.879. The molecule has 0 aromatic carbocycles. The predicted octanol–water partition coefficient (Wildman–Crippen LogP) is 0.588. The van der Waals surface area contributed by atoms with Gasteiger partial charge in [0, 0.05) is 37.9 Å². The molecule has 7 nitrogen and oxygen atoms in total. The second-order valence-electron chi connectivity index (χ2n) is 5.83. The molecule has 0 radical (unpaired) electrons. The van der Waals surface area contributed by atoms with Gasteiger partial charge in [-0.2, -0.15) is 9.40 Å². The Kier molecular flexibility index (Phi) is 4.60. The molecule has 1 fully saturated rings. The van der Waals surface area contributed by atoms with E-state index in [9.17, 15) is 8.42 Å². The molecular weight excluding hydrogens is 290 g/mol. The molecule has 2 rings (SSSR count). The topological polar surface area (TPSA) is 84.5 Å². The van der Waals surface area contributed by atoms with Crippen molar-refractivity contribution in [3.63, 3.8) is 0 Å². The molecule has 0 amide bonds. The molecule has 120 valence electrons. The van der Waals surface area contributed by atoms with E-state index in [-0.39, 0.29) is 22.8 Å². The molecule has 1 aromatic rings. The van der Waals surface area contributed by atoms with Crippen LogP contribution in [0.2, 0.25) is 0 Å². The lowest BCUT2D eigenvalue weighted by atomic mass is 10.1. The van der Waals surface area contributed by atoms with Crippen molar-refractivity contribution in [2.24, 2.45) is 0 Å². The van der Waals surface area contributed by atoms with E-state index in [0.29, 0.717) is 19.6 Å². The monoisotopic (exact) mass is 315 g/mol. The van der Waals surface area contributed by atoms with Crippen LogP contribution in [0.25, 0.3) is 0 Å². The number of hydrogen-bond donors (Lipinski definition) is 1. The largest absolute Gasteiger partial charge is 0.381 e. The molecule has 0 saturated carbocycles. The lowest BCUT2D eigenvalue weighted by molar-refractivity contribution is 0.105. The zero-order valence-electron chi connectivity index (χ0n) is 13.2. The first-order chi connectivity index (χ1) is 9.77. The minimum atomic E-state index is -3.58. The van der Waals surface area contributed by atoms with Crippen LogP contribution in [0.3, 0.4) is 0 Å². The van der Waals surface area contributed by atoms with Crippen LogP contribution in [0.4, 0.5) is 5.82 Å². The minimum absolute atomic E-state index is 0.0858. The summed E-state index contributed by atoms with van der Waals surface area (Å²) in [6.45, 7) is 7.68. The van der Waals surface area contributed by atoms with Crippen molar-refractivity contribution in [3.8, 4) is 0 Å². The SMILES string of the molecule is CCCn1cc(S(=O)(=O)N2CC(C)N(C)C(C)C2)c(N)n1. The molecule has 2 heterocycles. The van der Waals surface area contributed by atoms with E-state index in [1.54, 1.807) is 10.9 Å². The highest BCUT2D eigenvalue weighted by molar-refractivity contribution is 7.89. The Labute approximate surface area is 126 Å². The van der Waals surface area contributed by atoms with Gasteiger partial charge in [-0.1, -0.05) is 6.92 Å². The van der Waals surface area contributed by atoms with Gasteiger partial charge in [-0.15, -0.1) is 0 Å². The fraction of sp³-hybridized carbons (Fsp3) is 0.769. The Bertz CT molecular complexity index is 586. The molecule has 0 aliphatic carbocycles. The zero-order chi connectivity index (χ0) is 15.8. The molecule has 21 heavy (non-hydrogen) atoms. The maximum atomic E-state index is 12.8. The number of aromatic nitrogens is 2. The molecule has 2 unspecified atom stereocenters. The van der Waals surface area contributed by atoms with Crippen LogP contribution in [-0.4, -0.2) is 59.6 Å². The Morgan fingerprint density at radius 1 is 1.33 bits per heavy atom. The molecule has 1 aliphatic rings. The number of aryl methyl sites for hydroxylation is 1. The van der Waals surface area contributed by atoms with E-state index in [0.717, 1.165) is 6.42 Å². The lowest BCUT2D eigenvalue weighted by Crippen LogP contribution is -2.56. The fourth-order valence-electron chi connectivity index (χ4n) is 2.65. The summed E-state index contributed by atoms with van der Waals surface area (Å²) in [6, 6.07) is 0.353. The maximum absolute atomic E-state index is 12.8. The van der Waals surface area contributed by atoms with Gasteiger partial charge in [0.05, 0.1) is 0 Å². The lowest BCUT2D eigenvalue weighted by Gasteiger charge is -2.41. The standard InChI is InChI=1S/C13H25N5O2S/c1-5-6-17-9-12(13(14)15-17)21(19,20)18-7-10(2)16(4)11(3)8-18/h9-11H,5-8H2,1-4H3,(H2,14,15). The van der Waals surface area contributed by atoms with Gasteiger partial charge in [0.25, 0.3) is 0 Å². The number of hydrogen-bond acceptors (Lipinski definition) is 5. The number of nitrogens with zero attached hydrogens (tertiary/aromatic N) is 4. The molecule has 0 bridgehead atoms. The number of nitrogens with two attached hydrogens (primary N) is 1. The van der Waals surface area contributed by atoms with Crippen LogP contribution in [-0.2, 0) is 16.6 Å². The third-order valence-electron chi connectivity index (χ3n) is 4.15. The van der Waals surface area contributed by atoms with Gasteiger partial charge >= 0.3 is 0 Å². The normalized spacial score (nSPS) is 25.3. The Morgan fingerprint density at radius 3 is 2.43 bits per heavy atom. The molecule has 1 aromatic heterocycles. The van der Waals surface area contributed by atoms with Crippen LogP contribution in [0, 0.1) is 0 Å². The highest BCUT2D eigenvalue weighted by Gasteiger charge is 2.36. The summed E-state index contributed by atoms with van der Waals surface area (Å²) >= 11 is 0. The third-order valence-corrected chi connectivity index (χ3v) is 6.00. The van der Waals surface area contributed by atoms with Crippen molar-refractivity contribution in [3.05, 3.63) is 6.20 Å². The summed E-state index contributed by atoms with van der Waals surface area (Å²) in [5.74, 6) is 0.0858. The van der Waals surface area contributed by atoms with Crippen LogP contribution in [0.15, 0.2) is 11.1 Å². The summed E-state index contributed by atoms with van der Waals surface area (Å²) in [7, 11) is -1.56. The van der Waals surface area contributed by atoms with Crippen molar-refractivity contribution >= 4 is 15.8 Å². The van der Waals surface area contributed by atoms with Gasteiger partial charge < -0.3 is 5.73 Å². The van der Waals surface area contributed by atoms with Gasteiger partial charge in [0.1, 0.15) is 4.90 Å². The first kappa shape index (κ1) is 16.3. The van der Waals surface area contributed by atoms with Crippen LogP contribution in [0.5, 0.6) is 0 Å². The molecule has 2 atom stereocenters. The van der Waals surface area contributed by atoms with Crippen molar-refractivity contribution in [1.82, 2.24) is 19.0 Å². The maximum Gasteiger partial charge on any atom is 0.248 e. The van der Waals surface area contributed by atoms with E-state index in [2.05, 4.69) is 10.00 Å². The third kappa shape index (κ3) is 3.07. The average molecular weight is 315 g/mol. The van der Waals surface area contributed by atoms with Crippen LogP contribution < -0.4 is 5.73 Å². The van der Waals surface area contributed by atoms with Crippen molar-refractivity contribution in [2.75, 3.05) is 25.9 Å². The summed E-state index contributed by atoms with van der Waals surface area (Å²) < 4.78 is 28.7. The first-order valence-electron chi connectivity index (χ1n) is 7.32. The smallest absolute Gasteiger partial charge is 0.248 e. The minimum Gasteiger partial charge on any atom is -0.381 e. The van der Waals surface area contributed by atoms with E-state index in [4.69, 9.17) is 5.73 Å². The van der Waals surface area contributed by atoms with Crippen LogP contribution in [0.1, 0.15) is 27.2 Å². The zero-order valence-corrected chi connectivity index (χ0v) is 14.0. The van der Waals surface area contributed by atoms with Gasteiger partial charge in [-0.25, -0.2) is 8.42 Å². The Balaban J connectivity index is 2.30. The van der Waals surface area contributed by atoms with Crippen molar-refractivity contribution in [2.45, 2.75) is 50.7 Å². The summed E-state index contributed by atoms with van der Waals surface area (Å²) in [5, 5.41) is 4.09. The number of likely N-dealkylation sites (N-methyl/N-ethyl adjacent to an activating group) is 1. The highest BCUT2D eigenvalue weighted by atomic mass is 32.2. The van der Waals surface area contributed by atoms with Gasteiger partial charge in [0.2, 0.25) is 10.0 Å². The van der Waals surface area contributed by atoms with E-state index in [1.807, 2.05) is 27.8 Å². The predicted molar refractivity (Wildman–Crippen MR) is 82.4 cm³/mol. The Hall–Kier alpha value is -1.12. The van der Waals surface area contributed by atoms with Crippen LogP contribution >= 0.6 is 0 Å². The molecular formula is C13H25N5O2S. The summed E-state index contributed by atoms with van der Waals surface area (Å²) in [5.41, 5.74) is 5.81. The molecule has 8 heteroatoms. The fourth-order valence-corrected chi connectivity index (χ4v) is 4.31. The van der Waals surface area contributed by atoms with Crippen molar-refractivity contribution in [1.29, 1.82) is 0 Å². The molecule has 2 N–H and O–H groups in total. The van der Waals surface area contributed by atoms with E-state index < -0.39 is 10.0 Å². The number of piperazine rings is 1. The average Bonchev–Trinajstić information content (AvgIpc) is 2.77. The second kappa shape index (κ2) is 5.94. The van der Waals surface area contributed by atoms with Crippen molar-refractivity contribution < 1.29 is 8.42 Å².